The number of benzene rings is 1. The van der Waals surface area contributed by atoms with Gasteiger partial charge in [-0.05, 0) is 57.5 Å². The number of rotatable bonds is 5. The van der Waals surface area contributed by atoms with Gasteiger partial charge in [-0.15, -0.1) is 11.3 Å². The van der Waals surface area contributed by atoms with Crippen LogP contribution in [0.2, 0.25) is 0 Å². The second-order valence-electron chi connectivity index (χ2n) is 5.28. The molecule has 0 saturated carbocycles. The average Bonchev–Trinajstić information content (AvgIpc) is 3.15. The van der Waals surface area contributed by atoms with Gasteiger partial charge in [-0.1, -0.05) is 12.1 Å². The first-order valence-electron chi connectivity index (χ1n) is 7.47. The molecule has 2 aromatic rings. The Morgan fingerprint density at radius 3 is 2.65 bits per heavy atom. The third-order valence-electron chi connectivity index (χ3n) is 3.49. The molecular weight excluding hydrogens is 443 g/mol. The highest BCUT2D eigenvalue weighted by molar-refractivity contribution is 9.11. The van der Waals surface area contributed by atoms with Crippen molar-refractivity contribution in [2.24, 2.45) is 0 Å². The van der Waals surface area contributed by atoms with Crippen molar-refractivity contribution in [3.05, 3.63) is 61.3 Å². The molecule has 1 aromatic heterocycles. The van der Waals surface area contributed by atoms with E-state index >= 15 is 0 Å². The lowest BCUT2D eigenvalue weighted by Crippen LogP contribution is -2.37. The molecule has 1 fully saturated rings. The molecule has 0 bridgehead atoms. The summed E-state index contributed by atoms with van der Waals surface area (Å²) in [5, 5.41) is 4.00. The maximum absolute atomic E-state index is 12.9. The summed E-state index contributed by atoms with van der Waals surface area (Å²) in [5.41, 5.74) is 1.15. The summed E-state index contributed by atoms with van der Waals surface area (Å²) in [6.07, 6.45) is 1.55. The normalized spacial score (nSPS) is 15.8. The van der Waals surface area contributed by atoms with Gasteiger partial charge in [0.1, 0.15) is 5.82 Å². The number of nitrogens with zero attached hydrogens (tertiary/aromatic N) is 1. The molecule has 3 rings (SSSR count). The van der Waals surface area contributed by atoms with Gasteiger partial charge in [0.05, 0.1) is 14.3 Å². The van der Waals surface area contributed by atoms with Crippen molar-refractivity contribution in [1.82, 2.24) is 10.2 Å². The van der Waals surface area contributed by atoms with Crippen LogP contribution < -0.4 is 5.32 Å². The Hall–Kier alpha value is -1.97. The summed E-state index contributed by atoms with van der Waals surface area (Å²) in [7, 11) is 0. The second kappa shape index (κ2) is 8.15. The topological polar surface area (TPSA) is 66.5 Å². The van der Waals surface area contributed by atoms with Crippen LogP contribution in [-0.4, -0.2) is 35.0 Å². The predicted octanol–water partition coefficient (Wildman–Crippen LogP) is 4.12. The number of thioether (sulfide) groups is 1. The highest BCUT2D eigenvalue weighted by Crippen LogP contribution is 2.31. The van der Waals surface area contributed by atoms with E-state index < -0.39 is 11.1 Å². The van der Waals surface area contributed by atoms with Crippen LogP contribution in [0.3, 0.4) is 0 Å². The lowest BCUT2D eigenvalue weighted by atomic mass is 10.2. The average molecular weight is 455 g/mol. The van der Waals surface area contributed by atoms with Crippen molar-refractivity contribution in [3.63, 3.8) is 0 Å². The Kier molecular flexibility index (Phi) is 5.90. The van der Waals surface area contributed by atoms with Crippen LogP contribution in [0.4, 0.5) is 9.18 Å². The Balaban J connectivity index is 1.58. The summed E-state index contributed by atoms with van der Waals surface area (Å²) in [4.78, 5) is 37.7. The van der Waals surface area contributed by atoms with Gasteiger partial charge in [-0.3, -0.25) is 19.3 Å². The molecule has 0 unspecified atom stereocenters. The van der Waals surface area contributed by atoms with Gasteiger partial charge in [0.15, 0.2) is 0 Å². The summed E-state index contributed by atoms with van der Waals surface area (Å²) in [6.45, 7) is 0.247. The molecule has 1 saturated heterocycles. The zero-order valence-electron chi connectivity index (χ0n) is 13.2. The molecular formula is C17H12BrFN2O3S2. The van der Waals surface area contributed by atoms with E-state index in [2.05, 4.69) is 21.2 Å². The fourth-order valence-electron chi connectivity index (χ4n) is 2.22. The minimum absolute atomic E-state index is 0.0858. The van der Waals surface area contributed by atoms with Crippen molar-refractivity contribution in [2.45, 2.75) is 0 Å². The highest BCUT2D eigenvalue weighted by atomic mass is 79.9. The number of carbonyl (C=O) groups is 3. The van der Waals surface area contributed by atoms with E-state index in [-0.39, 0.29) is 29.7 Å². The van der Waals surface area contributed by atoms with Gasteiger partial charge in [0.25, 0.3) is 17.1 Å². The Morgan fingerprint density at radius 2 is 2.00 bits per heavy atom. The molecule has 1 aliphatic rings. The second-order valence-corrected chi connectivity index (χ2v) is 8.56. The SMILES string of the molecule is O=C(NCCN1C(=O)S/C(=C\c2ccc(F)cc2)C1=O)c1csc(Br)c1. The molecule has 26 heavy (non-hydrogen) atoms. The summed E-state index contributed by atoms with van der Waals surface area (Å²) in [6, 6.07) is 7.33. The molecule has 1 aliphatic heterocycles. The number of hydrogen-bond acceptors (Lipinski definition) is 5. The Bertz CT molecular complexity index is 896. The van der Waals surface area contributed by atoms with Crippen LogP contribution in [-0.2, 0) is 4.79 Å². The molecule has 5 nitrogen and oxygen atoms in total. The van der Waals surface area contributed by atoms with Crippen LogP contribution in [0.25, 0.3) is 6.08 Å². The predicted molar refractivity (Wildman–Crippen MR) is 103 cm³/mol. The van der Waals surface area contributed by atoms with Gasteiger partial charge in [-0.2, -0.15) is 0 Å². The fourth-order valence-corrected chi connectivity index (χ4v) is 4.22. The monoisotopic (exact) mass is 454 g/mol. The molecule has 0 spiro atoms. The van der Waals surface area contributed by atoms with E-state index in [0.29, 0.717) is 11.1 Å². The Morgan fingerprint density at radius 1 is 1.27 bits per heavy atom. The van der Waals surface area contributed by atoms with Gasteiger partial charge in [-0.25, -0.2) is 4.39 Å². The minimum atomic E-state index is -0.420. The number of carbonyl (C=O) groups excluding carboxylic acids is 3. The van der Waals surface area contributed by atoms with E-state index in [0.717, 1.165) is 20.4 Å². The number of hydrogen-bond donors (Lipinski definition) is 1. The van der Waals surface area contributed by atoms with Crippen LogP contribution >= 0.6 is 39.0 Å². The number of thiophene rings is 1. The van der Waals surface area contributed by atoms with Gasteiger partial charge < -0.3 is 5.32 Å². The van der Waals surface area contributed by atoms with Gasteiger partial charge in [0.2, 0.25) is 0 Å². The highest BCUT2D eigenvalue weighted by Gasteiger charge is 2.34. The van der Waals surface area contributed by atoms with Crippen molar-refractivity contribution in [3.8, 4) is 0 Å². The maximum Gasteiger partial charge on any atom is 0.293 e. The molecule has 1 aromatic carbocycles. The first-order valence-corrected chi connectivity index (χ1v) is 9.96. The standard InChI is InChI=1S/C17H12BrFN2O3S2/c18-14-8-11(9-25-14)15(22)20-5-6-21-16(23)13(26-17(21)24)7-10-1-3-12(19)4-2-10/h1-4,7-9H,5-6H2,(H,20,22)/b13-7-. The molecule has 3 amide bonds. The van der Waals surface area contributed by atoms with Crippen molar-refractivity contribution >= 4 is 62.2 Å². The molecule has 134 valence electrons. The van der Waals surface area contributed by atoms with E-state index in [1.54, 1.807) is 17.5 Å². The first kappa shape index (κ1) is 18.8. The number of amides is 3. The molecule has 1 N–H and O–H groups in total. The summed E-state index contributed by atoms with van der Waals surface area (Å²) < 4.78 is 13.8. The van der Waals surface area contributed by atoms with Crippen molar-refractivity contribution in [2.75, 3.05) is 13.1 Å². The number of nitrogens with one attached hydrogen (secondary N) is 1. The van der Waals surface area contributed by atoms with E-state index in [1.807, 2.05) is 0 Å². The first-order chi connectivity index (χ1) is 12.4. The fraction of sp³-hybridized carbons (Fsp3) is 0.118. The lowest BCUT2D eigenvalue weighted by molar-refractivity contribution is -0.122. The third-order valence-corrected chi connectivity index (χ3v) is 5.90. The molecule has 0 aliphatic carbocycles. The van der Waals surface area contributed by atoms with E-state index in [4.69, 9.17) is 0 Å². The minimum Gasteiger partial charge on any atom is -0.350 e. The van der Waals surface area contributed by atoms with Crippen LogP contribution in [0.5, 0.6) is 0 Å². The molecule has 2 heterocycles. The Labute approximate surface area is 165 Å². The van der Waals surface area contributed by atoms with Crippen LogP contribution in [0.1, 0.15) is 15.9 Å². The summed E-state index contributed by atoms with van der Waals surface area (Å²) >= 11 is 5.51. The summed E-state index contributed by atoms with van der Waals surface area (Å²) in [5.74, 6) is -1.05. The molecule has 0 atom stereocenters. The zero-order valence-corrected chi connectivity index (χ0v) is 16.4. The quantitative estimate of drug-likeness (QED) is 0.690. The smallest absolute Gasteiger partial charge is 0.293 e. The number of imide groups is 1. The molecule has 9 heteroatoms. The van der Waals surface area contributed by atoms with Crippen LogP contribution in [0.15, 0.2) is 44.4 Å². The van der Waals surface area contributed by atoms with Crippen LogP contribution in [0, 0.1) is 5.82 Å². The van der Waals surface area contributed by atoms with Gasteiger partial charge in [0, 0.05) is 18.5 Å². The maximum atomic E-state index is 12.9. The largest absolute Gasteiger partial charge is 0.350 e. The van der Waals surface area contributed by atoms with Crippen molar-refractivity contribution < 1.29 is 18.8 Å². The molecule has 0 radical (unpaired) electrons. The number of halogens is 2. The zero-order chi connectivity index (χ0) is 18.7. The van der Waals surface area contributed by atoms with Gasteiger partial charge >= 0.3 is 0 Å². The lowest BCUT2D eigenvalue weighted by Gasteiger charge is -2.12. The van der Waals surface area contributed by atoms with Crippen molar-refractivity contribution in [1.29, 1.82) is 0 Å². The van der Waals surface area contributed by atoms with E-state index in [9.17, 15) is 18.8 Å². The third kappa shape index (κ3) is 4.40. The van der Waals surface area contributed by atoms with E-state index in [1.165, 1.54) is 35.6 Å².